The predicted molar refractivity (Wildman–Crippen MR) is 164 cm³/mol. The lowest BCUT2D eigenvalue weighted by atomic mass is 9.94. The van der Waals surface area contributed by atoms with E-state index >= 15 is 0 Å². The molecule has 1 atom stereocenters. The van der Waals surface area contributed by atoms with Crippen molar-refractivity contribution in [1.29, 1.82) is 0 Å². The summed E-state index contributed by atoms with van der Waals surface area (Å²) in [6.07, 6.45) is 15.6. The molecule has 0 saturated heterocycles. The monoisotopic (exact) mass is 514 g/mol. The molecule has 3 aromatic rings. The van der Waals surface area contributed by atoms with Crippen LogP contribution in [0.25, 0.3) is 22.3 Å². The average molecular weight is 515 g/mol. The van der Waals surface area contributed by atoms with Crippen LogP contribution < -0.4 is 4.74 Å². The van der Waals surface area contributed by atoms with E-state index < -0.39 is 0 Å². The highest BCUT2D eigenvalue weighted by atomic mass is 16.5. The van der Waals surface area contributed by atoms with E-state index in [1.54, 1.807) is 0 Å². The van der Waals surface area contributed by atoms with Gasteiger partial charge in [0.2, 0.25) is 0 Å². The van der Waals surface area contributed by atoms with Gasteiger partial charge in [-0.3, -0.25) is 0 Å². The summed E-state index contributed by atoms with van der Waals surface area (Å²) in [7, 11) is 0. The van der Waals surface area contributed by atoms with Crippen LogP contribution >= 0.6 is 0 Å². The summed E-state index contributed by atoms with van der Waals surface area (Å²) in [5.74, 6) is 0.957. The van der Waals surface area contributed by atoms with E-state index in [0.29, 0.717) is 0 Å². The van der Waals surface area contributed by atoms with Crippen molar-refractivity contribution in [2.75, 3.05) is 13.2 Å². The van der Waals surface area contributed by atoms with Crippen LogP contribution in [-0.2, 0) is 4.74 Å². The Morgan fingerprint density at radius 2 is 1.00 bits per heavy atom. The highest BCUT2D eigenvalue weighted by Crippen LogP contribution is 2.33. The summed E-state index contributed by atoms with van der Waals surface area (Å²) in [5.41, 5.74) is 6.18. The minimum absolute atomic E-state index is 0.124. The molecule has 0 N–H and O–H groups in total. The first kappa shape index (κ1) is 30.0. The highest BCUT2D eigenvalue weighted by Gasteiger charge is 2.10. The molecular weight excluding hydrogens is 464 g/mol. The molecule has 3 aromatic carbocycles. The van der Waals surface area contributed by atoms with Crippen LogP contribution in [0.1, 0.15) is 109 Å². The first-order chi connectivity index (χ1) is 18.7. The van der Waals surface area contributed by atoms with E-state index in [0.717, 1.165) is 31.8 Å². The molecule has 3 rings (SSSR count). The standard InChI is InChI=1S/C36H50O2/c1-4-6-8-10-12-16-28-37-30(3)31-20-22-32(23-21-31)35-18-14-15-19-36(35)33-24-26-34(27-25-33)38-29-17-13-11-9-7-5-2/h14-15,18-27,30H,4-13,16-17,28-29H2,1-3H3. The largest absolute Gasteiger partial charge is 0.494 e. The summed E-state index contributed by atoms with van der Waals surface area (Å²) in [5, 5.41) is 0. The van der Waals surface area contributed by atoms with Gasteiger partial charge in [-0.05, 0) is 59.7 Å². The minimum Gasteiger partial charge on any atom is -0.494 e. The second kappa shape index (κ2) is 17.8. The van der Waals surface area contributed by atoms with Crippen molar-refractivity contribution in [2.24, 2.45) is 0 Å². The molecule has 0 aliphatic carbocycles. The molecule has 206 valence electrons. The van der Waals surface area contributed by atoms with Crippen LogP contribution in [0.5, 0.6) is 5.75 Å². The molecule has 2 heteroatoms. The van der Waals surface area contributed by atoms with E-state index in [1.165, 1.54) is 92.0 Å². The first-order valence-corrected chi connectivity index (χ1v) is 15.3. The topological polar surface area (TPSA) is 18.5 Å². The third-order valence-electron chi connectivity index (χ3n) is 7.42. The number of unbranched alkanes of at least 4 members (excludes halogenated alkanes) is 10. The zero-order chi connectivity index (χ0) is 26.8. The van der Waals surface area contributed by atoms with Crippen molar-refractivity contribution in [3.63, 3.8) is 0 Å². The van der Waals surface area contributed by atoms with E-state index in [4.69, 9.17) is 9.47 Å². The summed E-state index contributed by atoms with van der Waals surface area (Å²) >= 11 is 0. The second-order valence-corrected chi connectivity index (χ2v) is 10.6. The van der Waals surface area contributed by atoms with Crippen molar-refractivity contribution in [3.05, 3.63) is 78.4 Å². The summed E-state index contributed by atoms with van der Waals surface area (Å²) in [6.45, 7) is 8.33. The van der Waals surface area contributed by atoms with Gasteiger partial charge >= 0.3 is 0 Å². The molecule has 0 fully saturated rings. The zero-order valence-corrected chi connectivity index (χ0v) is 24.2. The Morgan fingerprint density at radius 3 is 1.55 bits per heavy atom. The van der Waals surface area contributed by atoms with Gasteiger partial charge in [0.1, 0.15) is 5.75 Å². The van der Waals surface area contributed by atoms with Crippen molar-refractivity contribution in [1.82, 2.24) is 0 Å². The SMILES string of the molecule is CCCCCCCCOc1ccc(-c2ccccc2-c2ccc(C(C)OCCCCCCCC)cc2)cc1. The molecule has 0 radical (unpaired) electrons. The molecule has 0 saturated carbocycles. The molecule has 38 heavy (non-hydrogen) atoms. The van der Waals surface area contributed by atoms with Gasteiger partial charge in [-0.15, -0.1) is 0 Å². The van der Waals surface area contributed by atoms with Crippen LogP contribution in [0, 0.1) is 0 Å². The molecule has 0 aliphatic rings. The molecule has 0 spiro atoms. The maximum absolute atomic E-state index is 6.13. The molecule has 0 aliphatic heterocycles. The fourth-order valence-corrected chi connectivity index (χ4v) is 4.96. The fourth-order valence-electron chi connectivity index (χ4n) is 4.96. The molecule has 0 heterocycles. The Morgan fingerprint density at radius 1 is 0.526 bits per heavy atom. The van der Waals surface area contributed by atoms with Crippen molar-refractivity contribution in [2.45, 2.75) is 104 Å². The molecule has 1 unspecified atom stereocenters. The molecule has 0 aromatic heterocycles. The Labute approximate surface area is 232 Å². The van der Waals surface area contributed by atoms with Gasteiger partial charge in [-0.25, -0.2) is 0 Å². The van der Waals surface area contributed by atoms with Gasteiger partial charge in [-0.1, -0.05) is 139 Å². The predicted octanol–water partition coefficient (Wildman–Crippen LogP) is 11.2. The normalized spacial score (nSPS) is 12.0. The van der Waals surface area contributed by atoms with Gasteiger partial charge in [-0.2, -0.15) is 0 Å². The van der Waals surface area contributed by atoms with E-state index in [9.17, 15) is 0 Å². The molecule has 0 amide bonds. The summed E-state index contributed by atoms with van der Waals surface area (Å²) in [6, 6.07) is 26.1. The average Bonchev–Trinajstić information content (AvgIpc) is 2.96. The minimum atomic E-state index is 0.124. The van der Waals surface area contributed by atoms with Crippen LogP contribution in [0.15, 0.2) is 72.8 Å². The van der Waals surface area contributed by atoms with Gasteiger partial charge in [0.05, 0.1) is 12.7 Å². The fraction of sp³-hybridized carbons (Fsp3) is 0.500. The quantitative estimate of drug-likeness (QED) is 0.148. The number of hydrogen-bond acceptors (Lipinski definition) is 2. The molecule has 2 nitrogen and oxygen atoms in total. The van der Waals surface area contributed by atoms with Crippen LogP contribution in [-0.4, -0.2) is 13.2 Å². The lowest BCUT2D eigenvalue weighted by Gasteiger charge is -2.15. The summed E-state index contributed by atoms with van der Waals surface area (Å²) < 4.78 is 12.1. The molecular formula is C36H50O2. The maximum atomic E-state index is 6.13. The third kappa shape index (κ3) is 10.3. The Balaban J connectivity index is 1.52. The van der Waals surface area contributed by atoms with Gasteiger partial charge in [0, 0.05) is 6.61 Å². The second-order valence-electron chi connectivity index (χ2n) is 10.6. The van der Waals surface area contributed by atoms with Crippen LogP contribution in [0.4, 0.5) is 0 Å². The number of rotatable bonds is 19. The van der Waals surface area contributed by atoms with Crippen LogP contribution in [0.3, 0.4) is 0 Å². The van der Waals surface area contributed by atoms with Crippen molar-refractivity contribution in [3.8, 4) is 28.0 Å². The Hall–Kier alpha value is -2.58. The van der Waals surface area contributed by atoms with Crippen molar-refractivity contribution < 1.29 is 9.47 Å². The Bertz CT molecular complexity index is 1010. The van der Waals surface area contributed by atoms with Crippen LogP contribution in [0.2, 0.25) is 0 Å². The third-order valence-corrected chi connectivity index (χ3v) is 7.42. The summed E-state index contributed by atoms with van der Waals surface area (Å²) in [4.78, 5) is 0. The van der Waals surface area contributed by atoms with E-state index in [-0.39, 0.29) is 6.10 Å². The van der Waals surface area contributed by atoms with Crippen molar-refractivity contribution >= 4 is 0 Å². The smallest absolute Gasteiger partial charge is 0.119 e. The maximum Gasteiger partial charge on any atom is 0.119 e. The number of benzene rings is 3. The van der Waals surface area contributed by atoms with E-state index in [1.807, 2.05) is 0 Å². The van der Waals surface area contributed by atoms with Gasteiger partial charge in [0.15, 0.2) is 0 Å². The molecule has 0 bridgehead atoms. The lowest BCUT2D eigenvalue weighted by molar-refractivity contribution is 0.0627. The Kier molecular flexibility index (Phi) is 14.1. The number of ether oxygens (including phenoxy) is 2. The lowest BCUT2D eigenvalue weighted by Crippen LogP contribution is -2.02. The van der Waals surface area contributed by atoms with E-state index in [2.05, 4.69) is 93.6 Å². The highest BCUT2D eigenvalue weighted by molar-refractivity contribution is 5.83. The zero-order valence-electron chi connectivity index (χ0n) is 24.2. The first-order valence-electron chi connectivity index (χ1n) is 15.3. The number of hydrogen-bond donors (Lipinski definition) is 0. The van der Waals surface area contributed by atoms with Gasteiger partial charge in [0.25, 0.3) is 0 Å². The van der Waals surface area contributed by atoms with Gasteiger partial charge < -0.3 is 9.47 Å².